The summed E-state index contributed by atoms with van der Waals surface area (Å²) in [4.78, 5) is 0. The number of hydrogen-bond donors (Lipinski definition) is 2. The van der Waals surface area contributed by atoms with Gasteiger partial charge >= 0.3 is 0 Å². The van der Waals surface area contributed by atoms with E-state index in [2.05, 4.69) is 30.4 Å². The molecule has 1 aromatic heterocycles. The molecule has 1 aliphatic rings. The van der Waals surface area contributed by atoms with Crippen molar-refractivity contribution in [3.8, 4) is 0 Å². The van der Waals surface area contributed by atoms with Crippen molar-refractivity contribution in [1.29, 1.82) is 0 Å². The molecule has 96 valence electrons. The summed E-state index contributed by atoms with van der Waals surface area (Å²) >= 11 is 0. The summed E-state index contributed by atoms with van der Waals surface area (Å²) in [6.45, 7) is 4.70. The molecular formula is C13H24N4. The summed E-state index contributed by atoms with van der Waals surface area (Å²) in [6, 6.07) is 2.24. The van der Waals surface area contributed by atoms with E-state index in [0.29, 0.717) is 11.3 Å². The van der Waals surface area contributed by atoms with Gasteiger partial charge in [-0.25, -0.2) is 0 Å². The summed E-state index contributed by atoms with van der Waals surface area (Å²) in [5.74, 6) is 6.33. The molecule has 17 heavy (non-hydrogen) atoms. The molecule has 1 aromatic rings. The Kier molecular flexibility index (Phi) is 3.54. The van der Waals surface area contributed by atoms with Gasteiger partial charge in [-0.05, 0) is 30.2 Å². The van der Waals surface area contributed by atoms with Crippen molar-refractivity contribution in [2.45, 2.75) is 45.6 Å². The van der Waals surface area contributed by atoms with Crippen LogP contribution in [0.3, 0.4) is 0 Å². The van der Waals surface area contributed by atoms with Crippen LogP contribution in [0.15, 0.2) is 12.3 Å². The number of nitrogens with two attached hydrogens (primary N) is 1. The van der Waals surface area contributed by atoms with Crippen molar-refractivity contribution >= 4 is 0 Å². The standard InChI is InChI=1S/C13H24N4/c1-13(2)8-5-4-6-10(13)12(15-14)11-7-9-17(3)16-11/h7,9-10,12,15H,4-6,8,14H2,1-3H3. The fraction of sp³-hybridized carbons (Fsp3) is 0.769. The Morgan fingerprint density at radius 3 is 2.82 bits per heavy atom. The third-order valence-electron chi connectivity index (χ3n) is 4.22. The maximum Gasteiger partial charge on any atom is 0.0810 e. The minimum Gasteiger partial charge on any atom is -0.275 e. The highest BCUT2D eigenvalue weighted by atomic mass is 15.3. The topological polar surface area (TPSA) is 55.9 Å². The molecule has 1 aliphatic carbocycles. The number of hydrogen-bond acceptors (Lipinski definition) is 3. The minimum atomic E-state index is 0.173. The van der Waals surface area contributed by atoms with Crippen molar-refractivity contribution in [3.63, 3.8) is 0 Å². The van der Waals surface area contributed by atoms with E-state index in [1.807, 2.05) is 17.9 Å². The lowest BCUT2D eigenvalue weighted by atomic mass is 9.65. The molecule has 0 amide bonds. The lowest BCUT2D eigenvalue weighted by Gasteiger charge is -2.42. The van der Waals surface area contributed by atoms with Crippen LogP contribution in [0.25, 0.3) is 0 Å². The quantitative estimate of drug-likeness (QED) is 0.624. The lowest BCUT2D eigenvalue weighted by Crippen LogP contribution is -2.42. The van der Waals surface area contributed by atoms with Crippen LogP contribution in [0.2, 0.25) is 0 Å². The monoisotopic (exact) mass is 236 g/mol. The Morgan fingerprint density at radius 1 is 1.53 bits per heavy atom. The van der Waals surface area contributed by atoms with Crippen LogP contribution in [0, 0.1) is 11.3 Å². The van der Waals surface area contributed by atoms with Gasteiger partial charge in [0.15, 0.2) is 0 Å². The van der Waals surface area contributed by atoms with Crippen LogP contribution in [0.5, 0.6) is 0 Å². The SMILES string of the molecule is Cn1ccc(C(NN)C2CCCCC2(C)C)n1. The Bertz CT molecular complexity index is 369. The third kappa shape index (κ3) is 2.53. The second-order valence-corrected chi connectivity index (χ2v) is 5.90. The maximum absolute atomic E-state index is 5.77. The van der Waals surface area contributed by atoms with E-state index in [0.717, 1.165) is 5.69 Å². The van der Waals surface area contributed by atoms with E-state index in [9.17, 15) is 0 Å². The van der Waals surface area contributed by atoms with Gasteiger partial charge in [-0.3, -0.25) is 16.0 Å². The zero-order chi connectivity index (χ0) is 12.5. The first-order valence-corrected chi connectivity index (χ1v) is 6.50. The second-order valence-electron chi connectivity index (χ2n) is 5.90. The molecule has 1 saturated carbocycles. The van der Waals surface area contributed by atoms with Crippen molar-refractivity contribution in [3.05, 3.63) is 18.0 Å². The molecule has 0 spiro atoms. The van der Waals surface area contributed by atoms with E-state index >= 15 is 0 Å². The first kappa shape index (κ1) is 12.6. The minimum absolute atomic E-state index is 0.173. The molecule has 4 heteroatoms. The first-order chi connectivity index (χ1) is 8.04. The number of aromatic nitrogens is 2. The molecule has 0 aromatic carbocycles. The third-order valence-corrected chi connectivity index (χ3v) is 4.22. The van der Waals surface area contributed by atoms with Crippen LogP contribution in [0.1, 0.15) is 51.3 Å². The number of aryl methyl sites for hydroxylation is 1. The number of nitrogens with zero attached hydrogens (tertiary/aromatic N) is 2. The van der Waals surface area contributed by atoms with Crippen molar-refractivity contribution in [1.82, 2.24) is 15.2 Å². The molecule has 1 fully saturated rings. The van der Waals surface area contributed by atoms with Gasteiger partial charge in [0.25, 0.3) is 0 Å². The van der Waals surface area contributed by atoms with Gasteiger partial charge < -0.3 is 0 Å². The molecule has 4 nitrogen and oxygen atoms in total. The molecule has 1 heterocycles. The van der Waals surface area contributed by atoms with Crippen LogP contribution in [0.4, 0.5) is 0 Å². The summed E-state index contributed by atoms with van der Waals surface area (Å²) in [7, 11) is 1.95. The highest BCUT2D eigenvalue weighted by Crippen LogP contribution is 2.46. The first-order valence-electron chi connectivity index (χ1n) is 6.50. The molecule has 2 atom stereocenters. The average Bonchev–Trinajstić information content (AvgIpc) is 2.68. The van der Waals surface area contributed by atoms with E-state index in [1.165, 1.54) is 25.7 Å². The molecule has 2 unspecified atom stereocenters. The second kappa shape index (κ2) is 4.78. The fourth-order valence-corrected chi connectivity index (χ4v) is 3.15. The van der Waals surface area contributed by atoms with Gasteiger partial charge in [-0.1, -0.05) is 26.7 Å². The van der Waals surface area contributed by atoms with Gasteiger partial charge in [0.05, 0.1) is 11.7 Å². The van der Waals surface area contributed by atoms with E-state index in [-0.39, 0.29) is 6.04 Å². The van der Waals surface area contributed by atoms with Gasteiger partial charge in [0, 0.05) is 13.2 Å². The Labute approximate surface area is 104 Å². The normalized spacial score (nSPS) is 25.8. The van der Waals surface area contributed by atoms with Gasteiger partial charge in [-0.15, -0.1) is 0 Å². The molecule has 3 N–H and O–H groups in total. The average molecular weight is 236 g/mol. The molecule has 0 aliphatic heterocycles. The summed E-state index contributed by atoms with van der Waals surface area (Å²) < 4.78 is 1.84. The largest absolute Gasteiger partial charge is 0.275 e. The molecular weight excluding hydrogens is 212 g/mol. The number of hydrazine groups is 1. The Hall–Kier alpha value is -0.870. The number of rotatable bonds is 3. The van der Waals surface area contributed by atoms with E-state index in [1.54, 1.807) is 0 Å². The highest BCUT2D eigenvalue weighted by Gasteiger charge is 2.38. The van der Waals surface area contributed by atoms with Gasteiger partial charge in [0.1, 0.15) is 0 Å². The Balaban J connectivity index is 2.22. The molecule has 0 bridgehead atoms. The molecule has 0 saturated heterocycles. The van der Waals surface area contributed by atoms with Crippen molar-refractivity contribution in [2.75, 3.05) is 0 Å². The fourth-order valence-electron chi connectivity index (χ4n) is 3.15. The maximum atomic E-state index is 5.77. The van der Waals surface area contributed by atoms with Crippen molar-refractivity contribution < 1.29 is 0 Å². The zero-order valence-corrected chi connectivity index (χ0v) is 11.1. The summed E-state index contributed by atoms with van der Waals surface area (Å²) in [5, 5.41) is 4.50. The number of nitrogens with one attached hydrogen (secondary N) is 1. The highest BCUT2D eigenvalue weighted by molar-refractivity contribution is 5.09. The van der Waals surface area contributed by atoms with Crippen LogP contribution < -0.4 is 11.3 Å². The van der Waals surface area contributed by atoms with Gasteiger partial charge in [-0.2, -0.15) is 5.10 Å². The molecule has 2 rings (SSSR count). The van der Waals surface area contributed by atoms with Crippen molar-refractivity contribution in [2.24, 2.45) is 24.2 Å². The van der Waals surface area contributed by atoms with E-state index in [4.69, 9.17) is 5.84 Å². The molecule has 0 radical (unpaired) electrons. The summed E-state index contributed by atoms with van der Waals surface area (Å²) in [6.07, 6.45) is 7.14. The lowest BCUT2D eigenvalue weighted by molar-refractivity contribution is 0.0964. The van der Waals surface area contributed by atoms with Gasteiger partial charge in [0.2, 0.25) is 0 Å². The van der Waals surface area contributed by atoms with E-state index < -0.39 is 0 Å². The predicted molar refractivity (Wildman–Crippen MR) is 69.0 cm³/mol. The smallest absolute Gasteiger partial charge is 0.0810 e. The van der Waals surface area contributed by atoms with Crippen LogP contribution >= 0.6 is 0 Å². The predicted octanol–water partition coefficient (Wildman–Crippen LogP) is 2.14. The van der Waals surface area contributed by atoms with Crippen LogP contribution in [-0.4, -0.2) is 9.78 Å². The summed E-state index contributed by atoms with van der Waals surface area (Å²) in [5.41, 5.74) is 4.39. The van der Waals surface area contributed by atoms with Crippen LogP contribution in [-0.2, 0) is 7.05 Å². The Morgan fingerprint density at radius 2 is 2.29 bits per heavy atom. The zero-order valence-electron chi connectivity index (χ0n) is 11.1.